The molecule has 0 bridgehead atoms. The highest BCUT2D eigenvalue weighted by Crippen LogP contribution is 2.29. The van der Waals surface area contributed by atoms with Crippen LogP contribution >= 0.6 is 23.5 Å². The first kappa shape index (κ1) is 25.7. The van der Waals surface area contributed by atoms with Crippen molar-refractivity contribution in [2.24, 2.45) is 0 Å². The second-order valence-corrected chi connectivity index (χ2v) is 8.79. The Morgan fingerprint density at radius 1 is 0.567 bits per heavy atom. The summed E-state index contributed by atoms with van der Waals surface area (Å²) in [5.74, 6) is 11.1. The first-order chi connectivity index (χ1) is 14.3. The molecule has 0 unspecified atom stereocenters. The van der Waals surface area contributed by atoms with Gasteiger partial charge in [-0.1, -0.05) is 11.8 Å². The first-order valence-electron chi connectivity index (χ1n) is 9.11. The summed E-state index contributed by atoms with van der Waals surface area (Å²) in [7, 11) is 0. The Labute approximate surface area is 182 Å². The molecule has 2 aliphatic heterocycles. The summed E-state index contributed by atoms with van der Waals surface area (Å²) >= 11 is 2.18. The van der Waals surface area contributed by atoms with Crippen molar-refractivity contribution in [3.63, 3.8) is 0 Å². The smallest absolute Gasteiger partial charge is 0.133 e. The minimum atomic E-state index is -1.43. The van der Waals surface area contributed by atoms with Crippen LogP contribution in [0.25, 0.3) is 0 Å². The van der Waals surface area contributed by atoms with Gasteiger partial charge in [0.2, 0.25) is 0 Å². The minimum Gasteiger partial charge on any atom is -0.394 e. The van der Waals surface area contributed by atoms with E-state index in [0.717, 1.165) is 23.5 Å². The van der Waals surface area contributed by atoms with E-state index < -0.39 is 72.9 Å². The molecular weight excluding hydrogens is 440 g/mol. The molecule has 0 saturated carbocycles. The van der Waals surface area contributed by atoms with Crippen molar-refractivity contribution in [1.82, 2.24) is 0 Å². The summed E-state index contributed by atoms with van der Waals surface area (Å²) in [6, 6.07) is 0. The van der Waals surface area contributed by atoms with Gasteiger partial charge in [-0.2, -0.15) is 0 Å². The lowest BCUT2D eigenvalue weighted by molar-refractivity contribution is -0.205. The molecule has 0 aliphatic carbocycles. The standard InChI is InChI=1S/C18H26O10S2/c19-7-9-11(21)13(23)15(25)17(27-9)29-5-3-1-2-4-6-30-18-16(26)14(24)12(22)10(8-20)28-18/h9-26H,5-8H2/t9-,10+,11+,12-,13-,14-,15-,16+,17+,18-/m0/s1. The van der Waals surface area contributed by atoms with E-state index in [1.165, 1.54) is 0 Å². The lowest BCUT2D eigenvalue weighted by Crippen LogP contribution is -2.57. The number of aliphatic hydroxyl groups excluding tert-OH is 8. The molecule has 0 aromatic rings. The van der Waals surface area contributed by atoms with Gasteiger partial charge >= 0.3 is 0 Å². The molecule has 0 aromatic carbocycles. The number of hydrogen-bond donors (Lipinski definition) is 8. The lowest BCUT2D eigenvalue weighted by atomic mass is 10.0. The Hall–Kier alpha value is -0.580. The third kappa shape index (κ3) is 6.46. The van der Waals surface area contributed by atoms with Gasteiger partial charge in [-0.15, -0.1) is 23.5 Å². The summed E-state index contributed by atoms with van der Waals surface area (Å²) in [6.45, 7) is -0.990. The number of hydrogen-bond acceptors (Lipinski definition) is 12. The molecule has 2 rings (SSSR count). The van der Waals surface area contributed by atoms with Gasteiger partial charge in [0.05, 0.1) is 24.7 Å². The zero-order chi connectivity index (χ0) is 22.3. The lowest BCUT2D eigenvalue weighted by Gasteiger charge is -2.39. The first-order valence-corrected chi connectivity index (χ1v) is 11.2. The second-order valence-electron chi connectivity index (χ2n) is 6.62. The van der Waals surface area contributed by atoms with E-state index in [1.54, 1.807) is 0 Å². The predicted molar refractivity (Wildman–Crippen MR) is 108 cm³/mol. The van der Waals surface area contributed by atoms with E-state index >= 15 is 0 Å². The molecule has 2 heterocycles. The fourth-order valence-electron chi connectivity index (χ4n) is 2.82. The molecule has 170 valence electrons. The average molecular weight is 467 g/mol. The van der Waals surface area contributed by atoms with Crippen LogP contribution in [0.2, 0.25) is 0 Å². The Balaban J connectivity index is 1.74. The van der Waals surface area contributed by atoms with Crippen LogP contribution in [0, 0.1) is 23.7 Å². The number of thioether (sulfide) groups is 2. The van der Waals surface area contributed by atoms with Gasteiger partial charge in [0, 0.05) is 0 Å². The highest BCUT2D eigenvalue weighted by Gasteiger charge is 2.44. The Morgan fingerprint density at radius 2 is 0.933 bits per heavy atom. The van der Waals surface area contributed by atoms with Crippen molar-refractivity contribution in [2.45, 2.75) is 59.7 Å². The van der Waals surface area contributed by atoms with Crippen LogP contribution in [0.15, 0.2) is 0 Å². The summed E-state index contributed by atoms with van der Waals surface area (Å²) in [5.41, 5.74) is -1.71. The van der Waals surface area contributed by atoms with E-state index in [2.05, 4.69) is 23.7 Å². The molecule has 2 saturated heterocycles. The van der Waals surface area contributed by atoms with Gasteiger partial charge in [-0.25, -0.2) is 0 Å². The van der Waals surface area contributed by atoms with Gasteiger partial charge in [0.25, 0.3) is 0 Å². The number of rotatable bonds is 6. The molecule has 0 aromatic heterocycles. The van der Waals surface area contributed by atoms with Crippen LogP contribution in [0.1, 0.15) is 0 Å². The van der Waals surface area contributed by atoms with E-state index in [4.69, 9.17) is 19.7 Å². The monoisotopic (exact) mass is 466 g/mol. The van der Waals surface area contributed by atoms with Crippen molar-refractivity contribution >= 4 is 23.5 Å². The third-order valence-electron chi connectivity index (χ3n) is 4.58. The zero-order valence-corrected chi connectivity index (χ0v) is 17.4. The van der Waals surface area contributed by atoms with Gasteiger partial charge < -0.3 is 50.3 Å². The van der Waals surface area contributed by atoms with E-state index in [1.807, 2.05) is 0 Å². The van der Waals surface area contributed by atoms with Crippen molar-refractivity contribution in [2.75, 3.05) is 24.7 Å². The van der Waals surface area contributed by atoms with Crippen LogP contribution in [-0.4, -0.2) is 125 Å². The summed E-state index contributed by atoms with van der Waals surface area (Å²) < 4.78 is 10.7. The van der Waals surface area contributed by atoms with E-state index in [9.17, 15) is 30.6 Å². The fourth-order valence-corrected chi connectivity index (χ4v) is 4.62. The summed E-state index contributed by atoms with van der Waals surface area (Å²) in [4.78, 5) is 0. The van der Waals surface area contributed by atoms with Crippen LogP contribution in [0.5, 0.6) is 0 Å². The van der Waals surface area contributed by atoms with Crippen LogP contribution in [0.3, 0.4) is 0 Å². The minimum absolute atomic E-state index is 0.219. The maximum absolute atomic E-state index is 9.91. The van der Waals surface area contributed by atoms with Crippen LogP contribution in [-0.2, 0) is 9.47 Å². The second kappa shape index (κ2) is 12.5. The zero-order valence-electron chi connectivity index (χ0n) is 15.8. The number of ether oxygens (including phenoxy) is 2. The van der Waals surface area contributed by atoms with Crippen molar-refractivity contribution in [3.8, 4) is 23.7 Å². The highest BCUT2D eigenvalue weighted by molar-refractivity contribution is 8.00. The van der Waals surface area contributed by atoms with Gasteiger partial charge in [0.15, 0.2) is 0 Å². The molecule has 2 fully saturated rings. The van der Waals surface area contributed by atoms with E-state index in [0.29, 0.717) is 0 Å². The summed E-state index contributed by atoms with van der Waals surface area (Å²) in [5, 5.41) is 77.0. The third-order valence-corrected chi connectivity index (χ3v) is 6.63. The molecule has 2 aliphatic rings. The highest BCUT2D eigenvalue weighted by atomic mass is 32.2. The molecule has 8 N–H and O–H groups in total. The molecule has 0 radical (unpaired) electrons. The molecule has 10 nitrogen and oxygen atoms in total. The Kier molecular flexibility index (Phi) is 10.7. The molecule has 0 spiro atoms. The molecule has 10 atom stereocenters. The number of aliphatic hydroxyl groups is 8. The molecule has 12 heteroatoms. The van der Waals surface area contributed by atoms with Gasteiger partial charge in [-0.05, 0) is 11.8 Å². The Morgan fingerprint density at radius 3 is 1.27 bits per heavy atom. The van der Waals surface area contributed by atoms with Crippen molar-refractivity contribution in [1.29, 1.82) is 0 Å². The van der Waals surface area contributed by atoms with Crippen LogP contribution in [0.4, 0.5) is 0 Å². The van der Waals surface area contributed by atoms with Crippen molar-refractivity contribution in [3.05, 3.63) is 0 Å². The summed E-state index contributed by atoms with van der Waals surface area (Å²) in [6.07, 6.45) is -10.2. The normalized spacial score (nSPS) is 41.3. The molecule has 0 amide bonds. The van der Waals surface area contributed by atoms with Crippen molar-refractivity contribution < 1.29 is 50.3 Å². The molecule has 30 heavy (non-hydrogen) atoms. The topological polar surface area (TPSA) is 180 Å². The SMILES string of the molecule is OC[C@@H]1O[C@H](SCC#CC#CCS[C@@H]2O[C@H](CO)[C@H](O)[C@H](O)[C@H]2O)[C@@H](O)[C@@H](O)[C@@H]1O. The van der Waals surface area contributed by atoms with Gasteiger partial charge in [-0.3, -0.25) is 0 Å². The predicted octanol–water partition coefficient (Wildman–Crippen LogP) is -3.94. The van der Waals surface area contributed by atoms with Crippen LogP contribution < -0.4 is 0 Å². The quantitative estimate of drug-likeness (QED) is 0.178. The maximum atomic E-state index is 9.91. The fraction of sp³-hybridized carbons (Fsp3) is 0.778. The van der Waals surface area contributed by atoms with Gasteiger partial charge in [0.1, 0.15) is 59.7 Å². The Bertz CT molecular complexity index is 599. The average Bonchev–Trinajstić information content (AvgIpc) is 2.75. The van der Waals surface area contributed by atoms with E-state index in [-0.39, 0.29) is 11.5 Å². The maximum Gasteiger partial charge on any atom is 0.133 e. The molecular formula is C18H26O10S2. The largest absolute Gasteiger partial charge is 0.394 e.